The van der Waals surface area contributed by atoms with Gasteiger partial charge in [0.15, 0.2) is 5.82 Å². The Hall–Kier alpha value is -3.66. The van der Waals surface area contributed by atoms with Crippen molar-refractivity contribution < 1.29 is 18.7 Å². The van der Waals surface area contributed by atoms with E-state index in [9.17, 15) is 18.8 Å². The summed E-state index contributed by atoms with van der Waals surface area (Å²) in [7, 11) is 1.54. The van der Waals surface area contributed by atoms with Crippen LogP contribution in [0.2, 0.25) is 5.02 Å². The number of amides is 2. The number of methoxy groups -OCH3 is 1. The van der Waals surface area contributed by atoms with Crippen LogP contribution in [0.25, 0.3) is 0 Å². The highest BCUT2D eigenvalue weighted by molar-refractivity contribution is 6.31. The summed E-state index contributed by atoms with van der Waals surface area (Å²) in [5, 5.41) is 6.90. The highest BCUT2D eigenvalue weighted by Crippen LogP contribution is 2.24. The number of nitrogens with zero attached hydrogens (tertiary/aromatic N) is 4. The van der Waals surface area contributed by atoms with Crippen LogP contribution in [0.15, 0.2) is 47.3 Å². The number of benzene rings is 2. The van der Waals surface area contributed by atoms with Gasteiger partial charge in [0, 0.05) is 17.3 Å². The molecule has 1 N–H and O–H groups in total. The third-order valence-corrected chi connectivity index (χ3v) is 5.15. The van der Waals surface area contributed by atoms with Gasteiger partial charge in [-0.05, 0) is 42.0 Å². The third kappa shape index (κ3) is 4.02. The van der Waals surface area contributed by atoms with Crippen LogP contribution < -0.4 is 20.6 Å². The molecule has 2 heterocycles. The molecule has 0 atom stereocenters. The minimum Gasteiger partial charge on any atom is -0.497 e. The summed E-state index contributed by atoms with van der Waals surface area (Å²) in [6.45, 7) is -0.210. The summed E-state index contributed by atoms with van der Waals surface area (Å²) in [4.78, 5) is 38.9. The maximum atomic E-state index is 13.1. The first-order valence-electron chi connectivity index (χ1n) is 9.22. The number of rotatable bonds is 6. The molecular formula is C20H17ClFN5O4. The predicted octanol–water partition coefficient (Wildman–Crippen LogP) is 2.15. The minimum absolute atomic E-state index is 0.0600. The molecule has 0 bridgehead atoms. The molecule has 0 fully saturated rings. The van der Waals surface area contributed by atoms with Gasteiger partial charge < -0.3 is 10.1 Å². The van der Waals surface area contributed by atoms with E-state index in [1.807, 2.05) is 0 Å². The second kappa shape index (κ2) is 8.23. The van der Waals surface area contributed by atoms with E-state index in [-0.39, 0.29) is 30.5 Å². The van der Waals surface area contributed by atoms with E-state index in [0.717, 1.165) is 15.3 Å². The number of hydrogen-bond acceptors (Lipinski definition) is 5. The summed E-state index contributed by atoms with van der Waals surface area (Å²) in [6, 6.07) is 10.1. The fourth-order valence-corrected chi connectivity index (χ4v) is 3.43. The van der Waals surface area contributed by atoms with Gasteiger partial charge in [-0.2, -0.15) is 9.67 Å². The Labute approximate surface area is 180 Å². The van der Waals surface area contributed by atoms with Crippen LogP contribution in [-0.2, 0) is 24.4 Å². The first-order valence-corrected chi connectivity index (χ1v) is 9.60. The zero-order valence-electron chi connectivity index (χ0n) is 16.3. The van der Waals surface area contributed by atoms with Gasteiger partial charge in [-0.3, -0.25) is 9.69 Å². The summed E-state index contributed by atoms with van der Waals surface area (Å²) in [6.07, 6.45) is 0. The van der Waals surface area contributed by atoms with Crippen LogP contribution in [0.3, 0.4) is 0 Å². The lowest BCUT2D eigenvalue weighted by Gasteiger charge is -2.15. The molecule has 11 heteroatoms. The number of aromatic nitrogens is 3. The van der Waals surface area contributed by atoms with Crippen LogP contribution in [0.4, 0.5) is 14.9 Å². The Bertz CT molecular complexity index is 1220. The van der Waals surface area contributed by atoms with Crippen LogP contribution in [-0.4, -0.2) is 33.4 Å². The van der Waals surface area contributed by atoms with Gasteiger partial charge in [0.2, 0.25) is 5.91 Å². The summed E-state index contributed by atoms with van der Waals surface area (Å²) in [5.74, 6) is -0.102. The Morgan fingerprint density at radius 1 is 1.23 bits per heavy atom. The second-order valence-electron chi connectivity index (χ2n) is 6.77. The van der Waals surface area contributed by atoms with Gasteiger partial charge in [0.1, 0.15) is 18.1 Å². The molecule has 3 aromatic rings. The molecule has 1 aliphatic heterocycles. The smallest absolute Gasteiger partial charge is 0.354 e. The normalized spacial score (nSPS) is 12.7. The number of carbonyl (C=O) groups is 2. The fourth-order valence-electron chi connectivity index (χ4n) is 3.19. The number of halogens is 2. The molecule has 0 saturated heterocycles. The van der Waals surface area contributed by atoms with Crippen LogP contribution >= 0.6 is 11.6 Å². The van der Waals surface area contributed by atoms with Gasteiger partial charge in [-0.25, -0.2) is 18.7 Å². The van der Waals surface area contributed by atoms with Crippen molar-refractivity contribution in [1.29, 1.82) is 0 Å². The summed E-state index contributed by atoms with van der Waals surface area (Å²) < 4.78 is 20.1. The molecular weight excluding hydrogens is 429 g/mol. The minimum atomic E-state index is -0.703. The number of anilines is 1. The lowest BCUT2D eigenvalue weighted by Crippen LogP contribution is -2.37. The SMILES string of the molecule is COc1ccc(N2Cc3nn(CC(=O)NCc4ccc(F)cc4Cl)c(=O)n3C2=O)cc1. The van der Waals surface area contributed by atoms with Crippen molar-refractivity contribution >= 4 is 29.2 Å². The second-order valence-corrected chi connectivity index (χ2v) is 7.18. The number of ether oxygens (including phenoxy) is 1. The van der Waals surface area contributed by atoms with Gasteiger partial charge >= 0.3 is 11.7 Å². The average Bonchev–Trinajstić information content (AvgIpc) is 3.23. The van der Waals surface area contributed by atoms with Crippen LogP contribution in [0, 0.1) is 5.82 Å². The molecule has 2 amide bonds. The summed E-state index contributed by atoms with van der Waals surface area (Å²) >= 11 is 5.93. The lowest BCUT2D eigenvalue weighted by atomic mass is 10.2. The number of carbonyl (C=O) groups excluding carboxylic acids is 2. The lowest BCUT2D eigenvalue weighted by molar-refractivity contribution is -0.122. The van der Waals surface area contributed by atoms with E-state index in [2.05, 4.69) is 10.4 Å². The molecule has 4 rings (SSSR count). The van der Waals surface area contributed by atoms with Crippen molar-refractivity contribution in [2.75, 3.05) is 12.0 Å². The van der Waals surface area contributed by atoms with Crippen LogP contribution in [0.5, 0.6) is 5.75 Å². The number of hydrogen-bond donors (Lipinski definition) is 1. The van der Waals surface area contributed by atoms with Crippen molar-refractivity contribution in [3.63, 3.8) is 0 Å². The Morgan fingerprint density at radius 2 is 1.97 bits per heavy atom. The van der Waals surface area contributed by atoms with Crippen LogP contribution in [0.1, 0.15) is 11.4 Å². The van der Waals surface area contributed by atoms with Gasteiger partial charge in [-0.1, -0.05) is 17.7 Å². The van der Waals surface area contributed by atoms with E-state index < -0.39 is 23.4 Å². The molecule has 1 aliphatic rings. The number of nitrogens with one attached hydrogen (secondary N) is 1. The Kier molecular flexibility index (Phi) is 5.47. The molecule has 31 heavy (non-hydrogen) atoms. The monoisotopic (exact) mass is 445 g/mol. The van der Waals surface area contributed by atoms with Crippen molar-refractivity contribution in [1.82, 2.24) is 19.7 Å². The van der Waals surface area contributed by atoms with Gasteiger partial charge in [-0.15, -0.1) is 0 Å². The third-order valence-electron chi connectivity index (χ3n) is 4.80. The van der Waals surface area contributed by atoms with E-state index in [0.29, 0.717) is 17.0 Å². The summed E-state index contributed by atoms with van der Waals surface area (Å²) in [5.41, 5.74) is 0.420. The van der Waals surface area contributed by atoms with Crippen molar-refractivity contribution in [2.24, 2.45) is 0 Å². The highest BCUT2D eigenvalue weighted by atomic mass is 35.5. The van der Waals surface area contributed by atoms with E-state index in [4.69, 9.17) is 16.3 Å². The van der Waals surface area contributed by atoms with E-state index in [1.165, 1.54) is 17.0 Å². The van der Waals surface area contributed by atoms with Gasteiger partial charge in [0.05, 0.1) is 13.7 Å². The highest BCUT2D eigenvalue weighted by Gasteiger charge is 2.33. The molecule has 9 nitrogen and oxygen atoms in total. The quantitative estimate of drug-likeness (QED) is 0.627. The zero-order chi connectivity index (χ0) is 22.1. The topological polar surface area (TPSA) is 98.5 Å². The van der Waals surface area contributed by atoms with Gasteiger partial charge in [0.25, 0.3) is 0 Å². The van der Waals surface area contributed by atoms with E-state index in [1.54, 1.807) is 31.4 Å². The average molecular weight is 446 g/mol. The molecule has 0 radical (unpaired) electrons. The molecule has 160 valence electrons. The van der Waals surface area contributed by atoms with E-state index >= 15 is 0 Å². The Morgan fingerprint density at radius 3 is 2.61 bits per heavy atom. The fraction of sp³-hybridized carbons (Fsp3) is 0.200. The molecule has 0 spiro atoms. The first-order chi connectivity index (χ1) is 14.9. The molecule has 0 unspecified atom stereocenters. The zero-order valence-corrected chi connectivity index (χ0v) is 17.1. The van der Waals surface area contributed by atoms with Crippen molar-refractivity contribution in [3.8, 4) is 5.75 Å². The molecule has 2 aromatic carbocycles. The van der Waals surface area contributed by atoms with Crippen molar-refractivity contribution in [2.45, 2.75) is 19.6 Å². The standard InChI is InChI=1S/C20H17ClFN5O4/c1-31-15-6-4-14(5-7-15)25-10-17-24-26(20(30)27(17)19(25)29)11-18(28)23-9-12-2-3-13(22)8-16(12)21/h2-8H,9-11H2,1H3,(H,23,28). The molecule has 0 saturated carbocycles. The Balaban J connectivity index is 1.43. The molecule has 0 aliphatic carbocycles. The largest absolute Gasteiger partial charge is 0.497 e. The van der Waals surface area contributed by atoms with Crippen molar-refractivity contribution in [3.05, 3.63) is 75.2 Å². The number of fused-ring (bicyclic) bond motifs is 1. The maximum absolute atomic E-state index is 13.1. The molecule has 1 aromatic heterocycles. The first kappa shape index (κ1) is 20.6. The maximum Gasteiger partial charge on any atom is 0.354 e. The predicted molar refractivity (Wildman–Crippen MR) is 110 cm³/mol.